The molecule has 88 valence electrons. The highest BCUT2D eigenvalue weighted by Crippen LogP contribution is 2.08. The Morgan fingerprint density at radius 2 is 2.25 bits per heavy atom. The van der Waals surface area contributed by atoms with Crippen LogP contribution in [0.2, 0.25) is 0 Å². The second-order valence-corrected chi connectivity index (χ2v) is 4.07. The van der Waals surface area contributed by atoms with Gasteiger partial charge < -0.3 is 4.98 Å². The van der Waals surface area contributed by atoms with Crippen LogP contribution < -0.4 is 5.43 Å². The van der Waals surface area contributed by atoms with Crippen LogP contribution in [0.4, 0.5) is 0 Å². The van der Waals surface area contributed by atoms with Gasteiger partial charge in [-0.15, -0.1) is 0 Å². The minimum Gasteiger partial charge on any atom is -0.348 e. The molecule has 0 radical (unpaired) electrons. The molecule has 5 nitrogen and oxygen atoms in total. The van der Waals surface area contributed by atoms with Crippen molar-refractivity contribution in [2.75, 3.05) is 13.1 Å². The van der Waals surface area contributed by atoms with Crippen LogP contribution in [0.1, 0.15) is 42.4 Å². The van der Waals surface area contributed by atoms with Gasteiger partial charge in [-0.05, 0) is 19.3 Å². The van der Waals surface area contributed by atoms with Crippen molar-refractivity contribution in [3.05, 3.63) is 17.7 Å². The van der Waals surface area contributed by atoms with Crippen molar-refractivity contribution in [1.82, 2.24) is 20.4 Å². The molecule has 2 N–H and O–H groups in total. The molecule has 0 spiro atoms. The SMILES string of the molecule is CCc1[nH]cnc1C(=O)NN1CCCCC1. The van der Waals surface area contributed by atoms with E-state index in [1.54, 1.807) is 6.33 Å². The number of H-pyrrole nitrogens is 1. The van der Waals surface area contributed by atoms with Gasteiger partial charge in [-0.1, -0.05) is 13.3 Å². The van der Waals surface area contributed by atoms with Crippen molar-refractivity contribution in [2.45, 2.75) is 32.6 Å². The van der Waals surface area contributed by atoms with Gasteiger partial charge in [-0.25, -0.2) is 9.99 Å². The van der Waals surface area contributed by atoms with Gasteiger partial charge in [0.15, 0.2) is 0 Å². The highest BCUT2D eigenvalue weighted by atomic mass is 16.2. The van der Waals surface area contributed by atoms with E-state index in [2.05, 4.69) is 15.4 Å². The second kappa shape index (κ2) is 5.12. The smallest absolute Gasteiger partial charge is 0.286 e. The van der Waals surface area contributed by atoms with E-state index in [0.29, 0.717) is 5.69 Å². The third-order valence-corrected chi connectivity index (χ3v) is 2.90. The Hall–Kier alpha value is -1.36. The Kier molecular flexibility index (Phi) is 3.56. The largest absolute Gasteiger partial charge is 0.348 e. The van der Waals surface area contributed by atoms with E-state index in [0.717, 1.165) is 38.0 Å². The zero-order valence-electron chi connectivity index (χ0n) is 9.62. The number of piperidine rings is 1. The minimum atomic E-state index is -0.0972. The van der Waals surface area contributed by atoms with Crippen LogP contribution in [0.15, 0.2) is 6.33 Å². The van der Waals surface area contributed by atoms with Gasteiger partial charge in [0.05, 0.1) is 6.33 Å². The van der Waals surface area contributed by atoms with Crippen LogP contribution in [0.5, 0.6) is 0 Å². The maximum atomic E-state index is 11.9. The summed E-state index contributed by atoms with van der Waals surface area (Å²) in [5, 5.41) is 1.99. The fraction of sp³-hybridized carbons (Fsp3) is 0.636. The van der Waals surface area contributed by atoms with Crippen LogP contribution in [-0.4, -0.2) is 34.0 Å². The van der Waals surface area contributed by atoms with E-state index in [1.807, 2.05) is 11.9 Å². The number of nitrogens with zero attached hydrogens (tertiary/aromatic N) is 2. The normalized spacial score (nSPS) is 17.3. The molecular formula is C11H18N4O. The number of carbonyl (C=O) groups is 1. The van der Waals surface area contributed by atoms with E-state index in [1.165, 1.54) is 6.42 Å². The summed E-state index contributed by atoms with van der Waals surface area (Å²) in [6.45, 7) is 3.89. The first kappa shape index (κ1) is 11.1. The molecule has 0 unspecified atom stereocenters. The Morgan fingerprint density at radius 1 is 1.50 bits per heavy atom. The van der Waals surface area contributed by atoms with Gasteiger partial charge in [-0.2, -0.15) is 0 Å². The first-order valence-corrected chi connectivity index (χ1v) is 5.89. The molecule has 0 atom stereocenters. The number of nitrogens with one attached hydrogen (secondary N) is 2. The summed E-state index contributed by atoms with van der Waals surface area (Å²) < 4.78 is 0. The fourth-order valence-corrected chi connectivity index (χ4v) is 1.99. The molecular weight excluding hydrogens is 204 g/mol. The van der Waals surface area contributed by atoms with Crippen LogP contribution in [0, 0.1) is 0 Å². The lowest BCUT2D eigenvalue weighted by atomic mass is 10.2. The van der Waals surface area contributed by atoms with Crippen LogP contribution >= 0.6 is 0 Å². The van der Waals surface area contributed by atoms with E-state index in [4.69, 9.17) is 0 Å². The number of aryl methyl sites for hydroxylation is 1. The summed E-state index contributed by atoms with van der Waals surface area (Å²) in [7, 11) is 0. The standard InChI is InChI=1S/C11H18N4O/c1-2-9-10(13-8-12-9)11(16)14-15-6-4-3-5-7-15/h8H,2-7H2,1H3,(H,12,13)(H,14,16). The Morgan fingerprint density at radius 3 is 2.94 bits per heavy atom. The maximum absolute atomic E-state index is 11.9. The molecule has 0 saturated carbocycles. The Labute approximate surface area is 95.2 Å². The number of amides is 1. The Balaban J connectivity index is 1.96. The molecule has 2 rings (SSSR count). The second-order valence-electron chi connectivity index (χ2n) is 4.07. The molecule has 1 fully saturated rings. The van der Waals surface area contributed by atoms with Crippen LogP contribution in [0.25, 0.3) is 0 Å². The zero-order valence-corrected chi connectivity index (χ0v) is 9.62. The predicted molar refractivity (Wildman–Crippen MR) is 60.9 cm³/mol. The first-order valence-electron chi connectivity index (χ1n) is 5.89. The lowest BCUT2D eigenvalue weighted by Crippen LogP contribution is -2.45. The van der Waals surface area contributed by atoms with E-state index in [9.17, 15) is 4.79 Å². The molecule has 0 bridgehead atoms. The fourth-order valence-electron chi connectivity index (χ4n) is 1.99. The van der Waals surface area contributed by atoms with Crippen molar-refractivity contribution < 1.29 is 4.79 Å². The van der Waals surface area contributed by atoms with Gasteiger partial charge in [0.1, 0.15) is 5.69 Å². The summed E-state index contributed by atoms with van der Waals surface area (Å²) in [6.07, 6.45) is 5.94. The number of aromatic amines is 1. The van der Waals surface area contributed by atoms with Gasteiger partial charge >= 0.3 is 0 Å². The van der Waals surface area contributed by atoms with Crippen LogP contribution in [0.3, 0.4) is 0 Å². The van der Waals surface area contributed by atoms with Crippen molar-refractivity contribution in [3.8, 4) is 0 Å². The summed E-state index contributed by atoms with van der Waals surface area (Å²) in [4.78, 5) is 19.0. The first-order chi connectivity index (χ1) is 7.81. The average molecular weight is 222 g/mol. The predicted octanol–water partition coefficient (Wildman–Crippen LogP) is 1.10. The lowest BCUT2D eigenvalue weighted by molar-refractivity contribution is 0.0744. The number of carbonyl (C=O) groups excluding carboxylic acids is 1. The van der Waals surface area contributed by atoms with Crippen molar-refractivity contribution >= 4 is 5.91 Å². The molecule has 5 heteroatoms. The molecule has 1 aromatic rings. The number of rotatable bonds is 3. The van der Waals surface area contributed by atoms with Crippen molar-refractivity contribution in [3.63, 3.8) is 0 Å². The molecule has 1 aliphatic heterocycles. The molecule has 1 aliphatic rings. The molecule has 1 aromatic heterocycles. The minimum absolute atomic E-state index is 0.0972. The number of imidazole rings is 1. The van der Waals surface area contributed by atoms with E-state index >= 15 is 0 Å². The average Bonchev–Trinajstić information content (AvgIpc) is 2.78. The van der Waals surface area contributed by atoms with Gasteiger partial charge in [0, 0.05) is 18.8 Å². The zero-order chi connectivity index (χ0) is 11.4. The van der Waals surface area contributed by atoms with Gasteiger partial charge in [0.2, 0.25) is 0 Å². The summed E-state index contributed by atoms with van der Waals surface area (Å²) in [5.74, 6) is -0.0972. The number of hydrogen-bond donors (Lipinski definition) is 2. The van der Waals surface area contributed by atoms with Gasteiger partial charge in [0.25, 0.3) is 5.91 Å². The molecule has 1 amide bonds. The Bertz CT molecular complexity index is 355. The monoisotopic (exact) mass is 222 g/mol. The quantitative estimate of drug-likeness (QED) is 0.805. The maximum Gasteiger partial charge on any atom is 0.286 e. The third-order valence-electron chi connectivity index (χ3n) is 2.90. The molecule has 1 saturated heterocycles. The number of hydrogen-bond acceptors (Lipinski definition) is 3. The highest BCUT2D eigenvalue weighted by molar-refractivity contribution is 5.93. The third kappa shape index (κ3) is 2.41. The van der Waals surface area contributed by atoms with Gasteiger partial charge in [-0.3, -0.25) is 10.2 Å². The number of aromatic nitrogens is 2. The number of hydrazine groups is 1. The summed E-state index contributed by atoms with van der Waals surface area (Å²) in [6, 6.07) is 0. The molecule has 2 heterocycles. The lowest BCUT2D eigenvalue weighted by Gasteiger charge is -2.26. The highest BCUT2D eigenvalue weighted by Gasteiger charge is 2.17. The van der Waals surface area contributed by atoms with Crippen molar-refractivity contribution in [1.29, 1.82) is 0 Å². The van der Waals surface area contributed by atoms with E-state index < -0.39 is 0 Å². The topological polar surface area (TPSA) is 61.0 Å². The molecule has 0 aromatic carbocycles. The van der Waals surface area contributed by atoms with E-state index in [-0.39, 0.29) is 5.91 Å². The van der Waals surface area contributed by atoms with Crippen molar-refractivity contribution in [2.24, 2.45) is 0 Å². The summed E-state index contributed by atoms with van der Waals surface area (Å²) >= 11 is 0. The summed E-state index contributed by atoms with van der Waals surface area (Å²) in [5.41, 5.74) is 4.33. The molecule has 16 heavy (non-hydrogen) atoms. The van der Waals surface area contributed by atoms with Crippen LogP contribution in [-0.2, 0) is 6.42 Å². The molecule has 0 aliphatic carbocycles.